The molecule has 0 unspecified atom stereocenters. The Bertz CT molecular complexity index is 474. The van der Waals surface area contributed by atoms with Crippen LogP contribution in [-0.4, -0.2) is 40.3 Å². The summed E-state index contributed by atoms with van der Waals surface area (Å²) in [5.41, 5.74) is 2.07. The van der Waals surface area contributed by atoms with Gasteiger partial charge in [0.25, 0.3) is 5.91 Å². The molecular weight excluding hydrogens is 250 g/mol. The van der Waals surface area contributed by atoms with Crippen molar-refractivity contribution in [2.45, 2.75) is 31.8 Å². The summed E-state index contributed by atoms with van der Waals surface area (Å²) in [6, 6.07) is 0.332. The fraction of sp³-hybridized carbons (Fsp3) is 0.583. The van der Waals surface area contributed by atoms with Crippen LogP contribution in [0.25, 0.3) is 0 Å². The largest absolute Gasteiger partial charge is 0.346 e. The number of rotatable bonds is 3. The molecule has 1 aromatic heterocycles. The monoisotopic (exact) mass is 265 g/mol. The Kier molecular flexibility index (Phi) is 2.81. The van der Waals surface area contributed by atoms with Crippen LogP contribution in [0.5, 0.6) is 0 Å². The lowest BCUT2D eigenvalue weighted by Crippen LogP contribution is -2.38. The van der Waals surface area contributed by atoms with Gasteiger partial charge in [-0.3, -0.25) is 9.59 Å². The van der Waals surface area contributed by atoms with E-state index in [1.807, 2.05) is 4.90 Å². The van der Waals surface area contributed by atoms with Gasteiger partial charge in [-0.25, -0.2) is 4.98 Å². The van der Waals surface area contributed by atoms with Crippen LogP contribution in [0.2, 0.25) is 0 Å². The van der Waals surface area contributed by atoms with Crippen molar-refractivity contribution in [2.24, 2.45) is 5.92 Å². The second-order valence-electron chi connectivity index (χ2n) is 5.07. The van der Waals surface area contributed by atoms with Gasteiger partial charge in [0.15, 0.2) is 0 Å². The van der Waals surface area contributed by atoms with Crippen molar-refractivity contribution in [3.05, 3.63) is 16.6 Å². The van der Waals surface area contributed by atoms with E-state index in [-0.39, 0.29) is 17.9 Å². The molecule has 96 valence electrons. The third kappa shape index (κ3) is 2.12. The maximum Gasteiger partial charge on any atom is 0.271 e. The van der Waals surface area contributed by atoms with Gasteiger partial charge >= 0.3 is 0 Å². The molecule has 0 radical (unpaired) electrons. The Labute approximate surface area is 109 Å². The molecule has 0 bridgehead atoms. The molecule has 0 spiro atoms. The highest BCUT2D eigenvalue weighted by atomic mass is 32.1. The minimum Gasteiger partial charge on any atom is -0.346 e. The minimum absolute atomic E-state index is 0.0699. The Balaban J connectivity index is 1.59. The van der Waals surface area contributed by atoms with E-state index in [2.05, 4.69) is 17.2 Å². The first-order chi connectivity index (χ1) is 8.65. The number of amides is 2. The lowest BCUT2D eigenvalue weighted by atomic mass is 10.2. The van der Waals surface area contributed by atoms with E-state index in [9.17, 15) is 9.59 Å². The van der Waals surface area contributed by atoms with Gasteiger partial charge in [-0.2, -0.15) is 0 Å². The first kappa shape index (κ1) is 11.6. The molecule has 1 aromatic rings. The highest BCUT2D eigenvalue weighted by molar-refractivity contribution is 7.07. The number of hydrogen-bond donors (Lipinski definition) is 1. The standard InChI is InChI=1S/C12H15N3O2S/c1-7-2-10(7)15-4-8(3-11(15)16)14-12(17)9-5-18-6-13-9/h5-8,10H,2-4H2,1H3,(H,14,17)/t7-,8+,10-/m1/s1. The van der Waals surface area contributed by atoms with Crippen molar-refractivity contribution < 1.29 is 9.59 Å². The highest BCUT2D eigenvalue weighted by Gasteiger charge is 2.44. The predicted molar refractivity (Wildman–Crippen MR) is 67.3 cm³/mol. The molecule has 1 aliphatic carbocycles. The second-order valence-corrected chi connectivity index (χ2v) is 5.79. The van der Waals surface area contributed by atoms with Crippen molar-refractivity contribution in [1.82, 2.24) is 15.2 Å². The molecule has 2 aliphatic rings. The molecule has 1 N–H and O–H groups in total. The number of carbonyl (C=O) groups is 2. The van der Waals surface area contributed by atoms with Crippen LogP contribution in [0.1, 0.15) is 30.3 Å². The van der Waals surface area contributed by atoms with E-state index in [0.717, 1.165) is 6.42 Å². The summed E-state index contributed by atoms with van der Waals surface area (Å²) in [7, 11) is 0. The Morgan fingerprint density at radius 1 is 1.61 bits per heavy atom. The van der Waals surface area contributed by atoms with Crippen LogP contribution in [0, 0.1) is 5.92 Å². The maximum atomic E-state index is 11.8. The van der Waals surface area contributed by atoms with Crippen LogP contribution in [0.15, 0.2) is 10.9 Å². The molecule has 0 aromatic carbocycles. The van der Waals surface area contributed by atoms with Gasteiger partial charge in [-0.15, -0.1) is 11.3 Å². The molecule has 2 amide bonds. The Morgan fingerprint density at radius 2 is 2.39 bits per heavy atom. The SMILES string of the molecule is C[C@@H]1C[C@H]1N1C[C@@H](NC(=O)c2cscn2)CC1=O. The predicted octanol–water partition coefficient (Wildman–Crippen LogP) is 0.882. The number of likely N-dealkylation sites (tertiary alicyclic amines) is 1. The van der Waals surface area contributed by atoms with E-state index < -0.39 is 0 Å². The van der Waals surface area contributed by atoms with Gasteiger partial charge in [0, 0.05) is 24.4 Å². The molecular formula is C12H15N3O2S. The number of hydrogen-bond acceptors (Lipinski definition) is 4. The maximum absolute atomic E-state index is 11.8. The summed E-state index contributed by atoms with van der Waals surface area (Å²) in [5, 5.41) is 4.60. The van der Waals surface area contributed by atoms with E-state index in [0.29, 0.717) is 30.6 Å². The molecule has 3 rings (SSSR count). The molecule has 1 aliphatic heterocycles. The topological polar surface area (TPSA) is 62.3 Å². The van der Waals surface area contributed by atoms with Gasteiger partial charge in [0.2, 0.25) is 5.91 Å². The first-order valence-corrected chi connectivity index (χ1v) is 7.08. The fourth-order valence-electron chi connectivity index (χ4n) is 2.47. The van der Waals surface area contributed by atoms with Crippen LogP contribution < -0.4 is 5.32 Å². The summed E-state index contributed by atoms with van der Waals surface area (Å²) in [4.78, 5) is 29.5. The zero-order valence-corrected chi connectivity index (χ0v) is 10.9. The molecule has 3 atom stereocenters. The van der Waals surface area contributed by atoms with Crippen molar-refractivity contribution in [3.8, 4) is 0 Å². The number of thiazole rings is 1. The van der Waals surface area contributed by atoms with E-state index >= 15 is 0 Å². The smallest absolute Gasteiger partial charge is 0.271 e. The normalized spacial score (nSPS) is 30.6. The molecule has 2 fully saturated rings. The summed E-state index contributed by atoms with van der Waals surface area (Å²) in [6.45, 7) is 2.79. The molecule has 2 heterocycles. The summed E-state index contributed by atoms with van der Waals surface area (Å²) in [6.07, 6.45) is 1.51. The number of carbonyl (C=O) groups excluding carboxylic acids is 2. The van der Waals surface area contributed by atoms with Crippen LogP contribution in [0.3, 0.4) is 0 Å². The highest BCUT2D eigenvalue weighted by Crippen LogP contribution is 2.37. The zero-order chi connectivity index (χ0) is 12.7. The van der Waals surface area contributed by atoms with E-state index in [4.69, 9.17) is 0 Å². The van der Waals surface area contributed by atoms with E-state index in [1.165, 1.54) is 11.3 Å². The van der Waals surface area contributed by atoms with E-state index in [1.54, 1.807) is 10.9 Å². The molecule has 1 saturated carbocycles. The van der Waals surface area contributed by atoms with Crippen molar-refractivity contribution in [1.29, 1.82) is 0 Å². The zero-order valence-electron chi connectivity index (χ0n) is 10.1. The van der Waals surface area contributed by atoms with Crippen molar-refractivity contribution >= 4 is 23.2 Å². The molecule has 1 saturated heterocycles. The van der Waals surface area contributed by atoms with Gasteiger partial charge < -0.3 is 10.2 Å². The van der Waals surface area contributed by atoms with Crippen molar-refractivity contribution in [2.75, 3.05) is 6.54 Å². The average molecular weight is 265 g/mol. The van der Waals surface area contributed by atoms with Gasteiger partial charge in [0.1, 0.15) is 5.69 Å². The third-order valence-electron chi connectivity index (χ3n) is 3.63. The minimum atomic E-state index is -0.181. The van der Waals surface area contributed by atoms with Gasteiger partial charge in [-0.05, 0) is 12.3 Å². The van der Waals surface area contributed by atoms with Crippen LogP contribution in [0.4, 0.5) is 0 Å². The summed E-state index contributed by atoms with van der Waals surface area (Å²) < 4.78 is 0. The number of nitrogens with one attached hydrogen (secondary N) is 1. The fourth-order valence-corrected chi connectivity index (χ4v) is 3.00. The summed E-state index contributed by atoms with van der Waals surface area (Å²) in [5.74, 6) is 0.592. The lowest BCUT2D eigenvalue weighted by molar-refractivity contribution is -0.128. The molecule has 18 heavy (non-hydrogen) atoms. The third-order valence-corrected chi connectivity index (χ3v) is 4.21. The number of nitrogens with zero attached hydrogens (tertiary/aromatic N) is 2. The van der Waals surface area contributed by atoms with Gasteiger partial charge in [0.05, 0.1) is 11.6 Å². The first-order valence-electron chi connectivity index (χ1n) is 6.13. The van der Waals surface area contributed by atoms with Gasteiger partial charge in [-0.1, -0.05) is 6.92 Å². The molecule has 5 nitrogen and oxygen atoms in total. The quantitative estimate of drug-likeness (QED) is 0.882. The number of aromatic nitrogens is 1. The van der Waals surface area contributed by atoms with Crippen molar-refractivity contribution in [3.63, 3.8) is 0 Å². The molecule has 6 heteroatoms. The van der Waals surface area contributed by atoms with Crippen LogP contribution >= 0.6 is 11.3 Å². The average Bonchev–Trinajstić information content (AvgIpc) is 2.80. The Morgan fingerprint density at radius 3 is 3.00 bits per heavy atom. The lowest BCUT2D eigenvalue weighted by Gasteiger charge is -2.16. The Hall–Kier alpha value is -1.43. The second kappa shape index (κ2) is 4.35. The van der Waals surface area contributed by atoms with Crippen LogP contribution in [-0.2, 0) is 4.79 Å². The summed E-state index contributed by atoms with van der Waals surface area (Å²) >= 11 is 1.39.